The van der Waals surface area contributed by atoms with E-state index in [0.717, 1.165) is 10.9 Å². The van der Waals surface area contributed by atoms with Crippen molar-refractivity contribution in [1.29, 1.82) is 5.26 Å². The van der Waals surface area contributed by atoms with Crippen LogP contribution in [0.25, 0.3) is 21.8 Å². The maximum absolute atomic E-state index is 13.5. The highest BCUT2D eigenvalue weighted by Crippen LogP contribution is 2.37. The molecule has 2 heterocycles. The normalized spacial score (nSPS) is 12.6. The van der Waals surface area contributed by atoms with Crippen molar-refractivity contribution >= 4 is 33.5 Å². The standard InChI is InChI=1S/C24H22N4O4/c1-24(2,3)32-23(29)22(17-13-26-18-8-5-4-7-16(17)18)27-14-15(11-12-25)21-19(27)9-6-10-20(21)28(30)31/h4-10,13-14,22,26H,11H2,1-3H3. The molecule has 8 nitrogen and oxygen atoms in total. The lowest BCUT2D eigenvalue weighted by Gasteiger charge is -2.25. The zero-order valence-corrected chi connectivity index (χ0v) is 18.0. The topological polar surface area (TPSA) is 114 Å². The number of aromatic nitrogens is 2. The van der Waals surface area contributed by atoms with Crippen molar-refractivity contribution < 1.29 is 14.5 Å². The molecule has 1 unspecified atom stereocenters. The first-order valence-corrected chi connectivity index (χ1v) is 10.1. The Morgan fingerprint density at radius 2 is 2.00 bits per heavy atom. The van der Waals surface area contributed by atoms with Crippen molar-refractivity contribution in [3.05, 3.63) is 76.1 Å². The summed E-state index contributed by atoms with van der Waals surface area (Å²) in [6.45, 7) is 5.37. The Hall–Kier alpha value is -4.12. The van der Waals surface area contributed by atoms with Crippen LogP contribution in [0.3, 0.4) is 0 Å². The molecule has 0 saturated heterocycles. The summed E-state index contributed by atoms with van der Waals surface area (Å²) < 4.78 is 7.43. The number of fused-ring (bicyclic) bond motifs is 2. The van der Waals surface area contributed by atoms with Crippen molar-refractivity contribution in [1.82, 2.24) is 9.55 Å². The number of ether oxygens (including phenoxy) is 1. The molecule has 0 aliphatic rings. The number of carbonyl (C=O) groups excluding carboxylic acids is 1. The van der Waals surface area contributed by atoms with E-state index >= 15 is 0 Å². The monoisotopic (exact) mass is 430 g/mol. The number of nitro benzene ring substituents is 1. The fourth-order valence-electron chi connectivity index (χ4n) is 4.03. The van der Waals surface area contributed by atoms with Crippen LogP contribution in [0.2, 0.25) is 0 Å². The summed E-state index contributed by atoms with van der Waals surface area (Å²) in [7, 11) is 0. The van der Waals surface area contributed by atoms with Crippen molar-refractivity contribution in [2.24, 2.45) is 0 Å². The highest BCUT2D eigenvalue weighted by molar-refractivity contribution is 5.96. The van der Waals surface area contributed by atoms with Gasteiger partial charge >= 0.3 is 5.97 Å². The Balaban J connectivity index is 2.02. The zero-order valence-electron chi connectivity index (χ0n) is 18.0. The van der Waals surface area contributed by atoms with Crippen molar-refractivity contribution in [3.8, 4) is 6.07 Å². The number of hydrogen-bond acceptors (Lipinski definition) is 5. The van der Waals surface area contributed by atoms with Crippen LogP contribution < -0.4 is 0 Å². The van der Waals surface area contributed by atoms with Gasteiger partial charge in [-0.2, -0.15) is 5.26 Å². The van der Waals surface area contributed by atoms with Crippen LogP contribution in [0, 0.1) is 21.4 Å². The Labute approximate surface area is 184 Å². The van der Waals surface area contributed by atoms with Gasteiger partial charge in [-0.15, -0.1) is 0 Å². The molecule has 0 saturated carbocycles. The predicted molar refractivity (Wildman–Crippen MR) is 120 cm³/mol. The molecule has 8 heteroatoms. The number of nitriles is 1. The van der Waals surface area contributed by atoms with Gasteiger partial charge in [0.2, 0.25) is 0 Å². The average molecular weight is 430 g/mol. The Morgan fingerprint density at radius 1 is 1.25 bits per heavy atom. The van der Waals surface area contributed by atoms with Crippen LogP contribution in [0.4, 0.5) is 5.69 Å². The van der Waals surface area contributed by atoms with E-state index in [1.165, 1.54) is 6.07 Å². The molecule has 2 aromatic carbocycles. The first kappa shape index (κ1) is 21.1. The summed E-state index contributed by atoms with van der Waals surface area (Å²) in [6.07, 6.45) is 3.38. The van der Waals surface area contributed by atoms with Crippen LogP contribution in [0.5, 0.6) is 0 Å². The van der Waals surface area contributed by atoms with Crippen LogP contribution in [-0.4, -0.2) is 26.0 Å². The number of nitro groups is 1. The van der Waals surface area contributed by atoms with Crippen LogP contribution >= 0.6 is 0 Å². The van der Waals surface area contributed by atoms with Gasteiger partial charge in [-0.1, -0.05) is 24.3 Å². The number of benzene rings is 2. The fraction of sp³-hybridized carbons (Fsp3) is 0.250. The van der Waals surface area contributed by atoms with Crippen molar-refractivity contribution in [3.63, 3.8) is 0 Å². The van der Waals surface area contributed by atoms with E-state index in [4.69, 9.17) is 4.74 Å². The molecular weight excluding hydrogens is 408 g/mol. The van der Waals surface area contributed by atoms with Crippen LogP contribution in [0.15, 0.2) is 54.9 Å². The maximum atomic E-state index is 13.5. The summed E-state index contributed by atoms with van der Waals surface area (Å²) in [5.41, 5.74) is 1.69. The summed E-state index contributed by atoms with van der Waals surface area (Å²) in [6, 6.07) is 13.5. The number of nitrogens with one attached hydrogen (secondary N) is 1. The molecule has 0 amide bonds. The third-order valence-corrected chi connectivity index (χ3v) is 5.20. The number of rotatable bonds is 5. The lowest BCUT2D eigenvalue weighted by molar-refractivity contribution is -0.383. The molecule has 162 valence electrons. The molecule has 0 fully saturated rings. The maximum Gasteiger partial charge on any atom is 0.334 e. The Kier molecular flexibility index (Phi) is 5.18. The SMILES string of the molecule is CC(C)(C)OC(=O)C(c1c[nH]c2ccccc12)n1cc(CC#N)c2c([N+](=O)[O-])cccc21. The van der Waals surface area contributed by atoms with Crippen LogP contribution in [0.1, 0.15) is 37.9 Å². The number of para-hydroxylation sites is 1. The summed E-state index contributed by atoms with van der Waals surface area (Å²) >= 11 is 0. The number of non-ortho nitro benzene ring substituents is 1. The van der Waals surface area contributed by atoms with Crippen molar-refractivity contribution in [2.45, 2.75) is 38.8 Å². The molecule has 0 aliphatic heterocycles. The number of nitrogens with zero attached hydrogens (tertiary/aromatic N) is 3. The largest absolute Gasteiger partial charge is 0.458 e. The second kappa shape index (κ2) is 7.85. The van der Waals surface area contributed by atoms with E-state index in [1.54, 1.807) is 49.9 Å². The van der Waals surface area contributed by atoms with E-state index in [1.807, 2.05) is 24.3 Å². The third kappa shape index (κ3) is 3.69. The molecule has 1 N–H and O–H groups in total. The van der Waals surface area contributed by atoms with Gasteiger partial charge in [0, 0.05) is 34.9 Å². The number of hydrogen-bond donors (Lipinski definition) is 1. The predicted octanol–water partition coefficient (Wildman–Crippen LogP) is 5.03. The van der Waals surface area contributed by atoms with Crippen LogP contribution in [-0.2, 0) is 16.0 Å². The van der Waals surface area contributed by atoms with Gasteiger partial charge < -0.3 is 14.3 Å². The lowest BCUT2D eigenvalue weighted by atomic mass is 10.0. The average Bonchev–Trinajstić information content (AvgIpc) is 3.30. The summed E-state index contributed by atoms with van der Waals surface area (Å²) in [4.78, 5) is 27.9. The minimum absolute atomic E-state index is 0.0245. The molecule has 4 rings (SSSR count). The molecule has 0 radical (unpaired) electrons. The first-order valence-electron chi connectivity index (χ1n) is 10.1. The van der Waals surface area contributed by atoms with E-state index in [9.17, 15) is 20.2 Å². The quantitative estimate of drug-likeness (QED) is 0.271. The van der Waals surface area contributed by atoms with Gasteiger partial charge in [-0.25, -0.2) is 4.79 Å². The first-order chi connectivity index (χ1) is 15.2. The number of esters is 1. The van der Waals surface area contributed by atoms with Gasteiger partial charge in [-0.3, -0.25) is 10.1 Å². The van der Waals surface area contributed by atoms with Gasteiger partial charge in [0.15, 0.2) is 6.04 Å². The molecule has 0 spiro atoms. The van der Waals surface area contributed by atoms with Gasteiger partial charge in [0.1, 0.15) is 5.60 Å². The van der Waals surface area contributed by atoms with E-state index < -0.39 is 22.5 Å². The molecule has 32 heavy (non-hydrogen) atoms. The number of aromatic amines is 1. The lowest BCUT2D eigenvalue weighted by Crippen LogP contribution is -2.30. The highest BCUT2D eigenvalue weighted by Gasteiger charge is 2.33. The summed E-state index contributed by atoms with van der Waals surface area (Å²) in [5, 5.41) is 22.2. The van der Waals surface area contributed by atoms with E-state index in [0.29, 0.717) is 22.0 Å². The molecule has 0 aliphatic carbocycles. The molecule has 4 aromatic rings. The molecular formula is C24H22N4O4. The number of carbonyl (C=O) groups is 1. The minimum Gasteiger partial charge on any atom is -0.458 e. The second-order valence-corrected chi connectivity index (χ2v) is 8.55. The highest BCUT2D eigenvalue weighted by atomic mass is 16.6. The zero-order chi connectivity index (χ0) is 23.0. The molecule has 1 atom stereocenters. The Morgan fingerprint density at radius 3 is 2.69 bits per heavy atom. The molecule has 0 bridgehead atoms. The van der Waals surface area contributed by atoms with Crippen molar-refractivity contribution in [2.75, 3.05) is 0 Å². The summed E-state index contributed by atoms with van der Waals surface area (Å²) in [5.74, 6) is -0.492. The van der Waals surface area contributed by atoms with E-state index in [2.05, 4.69) is 11.1 Å². The van der Waals surface area contributed by atoms with Gasteiger partial charge in [0.05, 0.1) is 28.3 Å². The number of H-pyrrole nitrogens is 1. The van der Waals surface area contributed by atoms with E-state index in [-0.39, 0.29) is 12.1 Å². The van der Waals surface area contributed by atoms with Gasteiger partial charge in [0.25, 0.3) is 5.69 Å². The second-order valence-electron chi connectivity index (χ2n) is 8.55. The Bertz CT molecular complexity index is 1380. The van der Waals surface area contributed by atoms with Gasteiger partial charge in [-0.05, 0) is 38.5 Å². The third-order valence-electron chi connectivity index (χ3n) is 5.20. The smallest absolute Gasteiger partial charge is 0.334 e. The fourth-order valence-corrected chi connectivity index (χ4v) is 4.03. The minimum atomic E-state index is -0.901. The molecule has 2 aromatic heterocycles.